The van der Waals surface area contributed by atoms with Crippen LogP contribution in [0.15, 0.2) is 29.3 Å². The Morgan fingerprint density at radius 3 is 2.50 bits per heavy atom. The largest absolute Gasteiger partial charge is 0.492 e. The van der Waals surface area contributed by atoms with E-state index < -0.39 is 5.60 Å². The van der Waals surface area contributed by atoms with Crippen molar-refractivity contribution in [3.8, 4) is 5.75 Å². The number of nitrogens with zero attached hydrogens (tertiary/aromatic N) is 1. The van der Waals surface area contributed by atoms with Gasteiger partial charge in [0, 0.05) is 25.2 Å². The van der Waals surface area contributed by atoms with Crippen molar-refractivity contribution in [3.63, 3.8) is 0 Å². The zero-order valence-electron chi connectivity index (χ0n) is 17.7. The maximum Gasteiger partial charge on any atom is 0.221 e. The third-order valence-electron chi connectivity index (χ3n) is 4.12. The van der Waals surface area contributed by atoms with Crippen LogP contribution in [-0.4, -0.2) is 48.8 Å². The van der Waals surface area contributed by atoms with Crippen LogP contribution in [-0.2, 0) is 4.79 Å². The van der Waals surface area contributed by atoms with Crippen LogP contribution in [0.3, 0.4) is 0 Å². The third kappa shape index (κ3) is 9.60. The number of benzene rings is 1. The molecule has 0 aliphatic heterocycles. The van der Waals surface area contributed by atoms with Gasteiger partial charge in [0.2, 0.25) is 5.91 Å². The summed E-state index contributed by atoms with van der Waals surface area (Å²) in [5, 5.41) is 19.9. The highest BCUT2D eigenvalue weighted by atomic mass is 16.5. The van der Waals surface area contributed by atoms with Gasteiger partial charge < -0.3 is 25.8 Å². The number of rotatable bonds is 12. The maximum atomic E-state index is 11.1. The van der Waals surface area contributed by atoms with Crippen molar-refractivity contribution >= 4 is 17.6 Å². The number of nitrogens with one attached hydrogen (secondary N) is 3. The van der Waals surface area contributed by atoms with Crippen molar-refractivity contribution in [3.05, 3.63) is 24.3 Å². The first-order chi connectivity index (χ1) is 13.4. The molecule has 0 bridgehead atoms. The van der Waals surface area contributed by atoms with E-state index in [9.17, 15) is 9.90 Å². The summed E-state index contributed by atoms with van der Waals surface area (Å²) in [6.07, 6.45) is 3.36. The molecule has 7 heteroatoms. The topological polar surface area (TPSA) is 95.0 Å². The van der Waals surface area contributed by atoms with E-state index in [0.717, 1.165) is 32.2 Å². The summed E-state index contributed by atoms with van der Waals surface area (Å²) in [4.78, 5) is 15.7. The van der Waals surface area contributed by atoms with Crippen LogP contribution in [0.2, 0.25) is 0 Å². The normalized spacial score (nSPS) is 11.8. The Hall–Kier alpha value is -2.28. The summed E-state index contributed by atoms with van der Waals surface area (Å²) in [6, 6.07) is 7.29. The summed E-state index contributed by atoms with van der Waals surface area (Å²) >= 11 is 0. The molecule has 0 saturated heterocycles. The summed E-state index contributed by atoms with van der Waals surface area (Å²) < 4.78 is 5.73. The fraction of sp³-hybridized carbons (Fsp3) is 0.619. The summed E-state index contributed by atoms with van der Waals surface area (Å²) in [5.74, 6) is 1.25. The minimum atomic E-state index is -0.744. The first-order valence-corrected chi connectivity index (χ1v) is 10.2. The molecule has 4 N–H and O–H groups in total. The molecule has 0 unspecified atom stereocenters. The van der Waals surface area contributed by atoms with Crippen LogP contribution in [0, 0.1) is 0 Å². The lowest BCUT2D eigenvalue weighted by atomic mass is 9.93. The number of aliphatic hydroxyl groups is 1. The van der Waals surface area contributed by atoms with Crippen LogP contribution in [0.4, 0.5) is 5.69 Å². The monoisotopic (exact) mass is 392 g/mol. The molecule has 1 aromatic carbocycles. The van der Waals surface area contributed by atoms with E-state index in [4.69, 9.17) is 4.74 Å². The zero-order chi connectivity index (χ0) is 20.8. The van der Waals surface area contributed by atoms with Gasteiger partial charge in [0.15, 0.2) is 5.96 Å². The number of carbonyl (C=O) groups excluding carboxylic acids is 1. The number of guanidine groups is 1. The van der Waals surface area contributed by atoms with E-state index in [0.29, 0.717) is 37.1 Å². The van der Waals surface area contributed by atoms with Crippen molar-refractivity contribution in [1.82, 2.24) is 10.6 Å². The van der Waals surface area contributed by atoms with Gasteiger partial charge in [-0.25, -0.2) is 0 Å². The van der Waals surface area contributed by atoms with Crippen LogP contribution in [0.25, 0.3) is 0 Å². The average molecular weight is 393 g/mol. The molecule has 0 aromatic heterocycles. The second kappa shape index (κ2) is 13.0. The Morgan fingerprint density at radius 2 is 1.89 bits per heavy atom. The molecule has 28 heavy (non-hydrogen) atoms. The highest BCUT2D eigenvalue weighted by Crippen LogP contribution is 2.20. The maximum absolute atomic E-state index is 11.1. The lowest BCUT2D eigenvalue weighted by molar-refractivity contribution is -0.114. The minimum absolute atomic E-state index is 0.114. The molecule has 0 fully saturated rings. The molecule has 0 heterocycles. The van der Waals surface area contributed by atoms with Gasteiger partial charge in [-0.2, -0.15) is 0 Å². The van der Waals surface area contributed by atoms with Gasteiger partial charge in [0.25, 0.3) is 0 Å². The van der Waals surface area contributed by atoms with Crippen LogP contribution in [0.1, 0.15) is 53.4 Å². The van der Waals surface area contributed by atoms with Gasteiger partial charge >= 0.3 is 0 Å². The molecule has 1 rings (SSSR count). The Labute approximate surface area is 169 Å². The fourth-order valence-corrected chi connectivity index (χ4v) is 2.99. The van der Waals surface area contributed by atoms with E-state index in [1.165, 1.54) is 6.92 Å². The number of carbonyl (C=O) groups is 1. The number of anilines is 1. The molecule has 0 spiro atoms. The highest BCUT2D eigenvalue weighted by Gasteiger charge is 2.24. The van der Waals surface area contributed by atoms with Gasteiger partial charge in [-0.1, -0.05) is 32.8 Å². The minimum Gasteiger partial charge on any atom is -0.492 e. The molecule has 0 atom stereocenters. The molecule has 1 aromatic rings. The van der Waals surface area contributed by atoms with Crippen molar-refractivity contribution in [2.45, 2.75) is 59.0 Å². The summed E-state index contributed by atoms with van der Waals surface area (Å²) in [7, 11) is 0. The molecular formula is C21H36N4O3. The molecule has 0 aliphatic carbocycles. The predicted molar refractivity (Wildman–Crippen MR) is 115 cm³/mol. The Kier molecular flexibility index (Phi) is 11.0. The van der Waals surface area contributed by atoms with E-state index >= 15 is 0 Å². The van der Waals surface area contributed by atoms with Gasteiger partial charge in [-0.05, 0) is 31.9 Å². The Morgan fingerprint density at radius 1 is 1.18 bits per heavy atom. The number of aliphatic imine (C=N–C) groups is 1. The molecule has 7 nitrogen and oxygen atoms in total. The van der Waals surface area contributed by atoms with Crippen LogP contribution < -0.4 is 20.7 Å². The van der Waals surface area contributed by atoms with Crippen LogP contribution >= 0.6 is 0 Å². The standard InChI is InChI=1S/C21H36N4O3/c1-5-11-21(27,12-6-2)16-24-20(22-7-3)23-13-14-28-19-10-8-9-18(15-19)25-17(4)26/h8-10,15,27H,5-7,11-14,16H2,1-4H3,(H,25,26)(H2,22,23,24). The molecule has 0 saturated carbocycles. The van der Waals surface area contributed by atoms with E-state index in [2.05, 4.69) is 34.8 Å². The predicted octanol–water partition coefficient (Wildman–Crippen LogP) is 2.91. The molecule has 0 radical (unpaired) electrons. The highest BCUT2D eigenvalue weighted by molar-refractivity contribution is 5.88. The quantitative estimate of drug-likeness (QED) is 0.249. The van der Waals surface area contributed by atoms with Gasteiger partial charge in [-0.15, -0.1) is 0 Å². The van der Waals surface area contributed by atoms with Crippen molar-refractivity contribution in [1.29, 1.82) is 0 Å². The fourth-order valence-electron chi connectivity index (χ4n) is 2.99. The summed E-state index contributed by atoms with van der Waals surface area (Å²) in [6.45, 7) is 9.76. The third-order valence-corrected chi connectivity index (χ3v) is 4.12. The lowest BCUT2D eigenvalue weighted by Crippen LogP contribution is -2.41. The van der Waals surface area contributed by atoms with Crippen LogP contribution in [0.5, 0.6) is 5.75 Å². The average Bonchev–Trinajstić information content (AvgIpc) is 2.63. The second-order valence-electron chi connectivity index (χ2n) is 6.90. The van der Waals surface area contributed by atoms with Crippen molar-refractivity contribution < 1.29 is 14.6 Å². The van der Waals surface area contributed by atoms with Crippen molar-refractivity contribution in [2.75, 3.05) is 31.6 Å². The first-order valence-electron chi connectivity index (χ1n) is 10.2. The van der Waals surface area contributed by atoms with E-state index in [-0.39, 0.29) is 5.91 Å². The Balaban J connectivity index is 2.53. The number of ether oxygens (including phenoxy) is 1. The van der Waals surface area contributed by atoms with Gasteiger partial charge in [-0.3, -0.25) is 9.79 Å². The van der Waals surface area contributed by atoms with Crippen molar-refractivity contribution in [2.24, 2.45) is 4.99 Å². The lowest BCUT2D eigenvalue weighted by Gasteiger charge is -2.26. The Bertz CT molecular complexity index is 613. The number of hydrogen-bond donors (Lipinski definition) is 4. The molecular weight excluding hydrogens is 356 g/mol. The molecule has 1 amide bonds. The first kappa shape index (κ1) is 23.8. The van der Waals surface area contributed by atoms with E-state index in [1.807, 2.05) is 25.1 Å². The number of hydrogen-bond acceptors (Lipinski definition) is 4. The van der Waals surface area contributed by atoms with Gasteiger partial charge in [0.1, 0.15) is 12.4 Å². The zero-order valence-corrected chi connectivity index (χ0v) is 17.7. The smallest absolute Gasteiger partial charge is 0.221 e. The number of amides is 1. The summed E-state index contributed by atoms with van der Waals surface area (Å²) in [5.41, 5.74) is -0.0361. The van der Waals surface area contributed by atoms with E-state index in [1.54, 1.807) is 6.07 Å². The van der Waals surface area contributed by atoms with Gasteiger partial charge in [0.05, 0.1) is 18.7 Å². The second-order valence-corrected chi connectivity index (χ2v) is 6.90. The molecule has 158 valence electrons. The molecule has 0 aliphatic rings. The SMILES string of the molecule is CCCC(O)(CCC)CN=C(NCC)NCCOc1cccc(NC(C)=O)c1.